The van der Waals surface area contributed by atoms with E-state index in [4.69, 9.17) is 0 Å². The fraction of sp³-hybridized carbons (Fsp3) is 0.412. The first kappa shape index (κ1) is 11.9. The molecule has 0 amide bonds. The van der Waals surface area contributed by atoms with Gasteiger partial charge in [0.25, 0.3) is 0 Å². The van der Waals surface area contributed by atoms with E-state index in [1.54, 1.807) is 6.20 Å². The minimum absolute atomic E-state index is 0.159. The lowest BCUT2D eigenvalue weighted by Crippen LogP contribution is -2.12. The molecule has 3 unspecified atom stereocenters. The Bertz CT molecular complexity index is 673. The molecular formula is C17H18N2O. The van der Waals surface area contributed by atoms with Crippen molar-refractivity contribution < 1.29 is 4.79 Å². The predicted molar refractivity (Wildman–Crippen MR) is 76.7 cm³/mol. The zero-order chi connectivity index (χ0) is 13.7. The largest absolute Gasteiger partial charge is 0.329 e. The van der Waals surface area contributed by atoms with Crippen LogP contribution in [0.2, 0.25) is 0 Å². The van der Waals surface area contributed by atoms with Gasteiger partial charge in [0.2, 0.25) is 5.78 Å². The first-order chi connectivity index (χ1) is 9.81. The van der Waals surface area contributed by atoms with E-state index in [0.717, 1.165) is 19.4 Å². The number of aromatic nitrogens is 2. The molecule has 0 bridgehead atoms. The minimum Gasteiger partial charge on any atom is -0.329 e. The van der Waals surface area contributed by atoms with Crippen LogP contribution in [0.1, 0.15) is 41.0 Å². The van der Waals surface area contributed by atoms with Gasteiger partial charge < -0.3 is 4.57 Å². The van der Waals surface area contributed by atoms with Crippen molar-refractivity contribution in [1.82, 2.24) is 9.55 Å². The van der Waals surface area contributed by atoms with Crippen molar-refractivity contribution in [3.8, 4) is 0 Å². The van der Waals surface area contributed by atoms with Crippen LogP contribution in [0.5, 0.6) is 0 Å². The highest BCUT2D eigenvalue weighted by molar-refractivity contribution is 5.98. The van der Waals surface area contributed by atoms with Crippen molar-refractivity contribution in [3.05, 3.63) is 53.6 Å². The van der Waals surface area contributed by atoms with Gasteiger partial charge in [-0.1, -0.05) is 24.3 Å². The molecule has 20 heavy (non-hydrogen) atoms. The van der Waals surface area contributed by atoms with Crippen LogP contribution in [-0.2, 0) is 13.0 Å². The summed E-state index contributed by atoms with van der Waals surface area (Å²) in [6.45, 7) is 2.85. The molecule has 3 atom stereocenters. The Morgan fingerprint density at radius 3 is 3.10 bits per heavy atom. The second kappa shape index (κ2) is 4.30. The molecule has 102 valence electrons. The number of aryl methyl sites for hydroxylation is 2. The zero-order valence-corrected chi connectivity index (χ0v) is 11.6. The number of hydrogen-bond donors (Lipinski definition) is 0. The van der Waals surface area contributed by atoms with Gasteiger partial charge in [-0.25, -0.2) is 4.98 Å². The van der Waals surface area contributed by atoms with E-state index in [9.17, 15) is 4.79 Å². The normalized spacial score (nSPS) is 26.8. The predicted octanol–water partition coefficient (Wildman–Crippen LogP) is 3.06. The van der Waals surface area contributed by atoms with E-state index in [1.165, 1.54) is 11.1 Å². The van der Waals surface area contributed by atoms with E-state index in [1.807, 2.05) is 17.7 Å². The van der Waals surface area contributed by atoms with E-state index >= 15 is 0 Å². The average Bonchev–Trinajstić information content (AvgIpc) is 3.04. The molecule has 0 aliphatic heterocycles. The van der Waals surface area contributed by atoms with Crippen LogP contribution in [0.15, 0.2) is 36.7 Å². The van der Waals surface area contributed by atoms with Crippen LogP contribution in [0.25, 0.3) is 0 Å². The van der Waals surface area contributed by atoms with Crippen molar-refractivity contribution in [2.75, 3.05) is 0 Å². The topological polar surface area (TPSA) is 34.9 Å². The van der Waals surface area contributed by atoms with Gasteiger partial charge in [-0.15, -0.1) is 0 Å². The third-order valence-electron chi connectivity index (χ3n) is 4.91. The maximum atomic E-state index is 12.7. The Kier molecular flexibility index (Phi) is 2.56. The number of hydrogen-bond acceptors (Lipinski definition) is 2. The molecule has 3 heteroatoms. The van der Waals surface area contributed by atoms with Crippen LogP contribution >= 0.6 is 0 Å². The average molecular weight is 266 g/mol. The molecular weight excluding hydrogens is 248 g/mol. The van der Waals surface area contributed by atoms with Gasteiger partial charge in [0.1, 0.15) is 0 Å². The first-order valence-electron chi connectivity index (χ1n) is 7.44. The summed E-state index contributed by atoms with van der Waals surface area (Å²) in [5.41, 5.74) is 2.83. The van der Waals surface area contributed by atoms with E-state index in [2.05, 4.69) is 29.2 Å². The van der Waals surface area contributed by atoms with Gasteiger partial charge >= 0.3 is 0 Å². The van der Waals surface area contributed by atoms with Crippen LogP contribution in [-0.4, -0.2) is 15.3 Å². The molecule has 1 fully saturated rings. The van der Waals surface area contributed by atoms with Crippen LogP contribution in [0, 0.1) is 11.8 Å². The summed E-state index contributed by atoms with van der Waals surface area (Å²) < 4.78 is 1.96. The number of imidazole rings is 1. The van der Waals surface area contributed by atoms with Gasteiger partial charge in [-0.3, -0.25) is 4.79 Å². The quantitative estimate of drug-likeness (QED) is 0.800. The summed E-state index contributed by atoms with van der Waals surface area (Å²) in [5.74, 6) is 2.02. The van der Waals surface area contributed by atoms with E-state index in [-0.39, 0.29) is 11.7 Å². The van der Waals surface area contributed by atoms with E-state index < -0.39 is 0 Å². The number of carbonyl (C=O) groups excluding carboxylic acids is 1. The van der Waals surface area contributed by atoms with Crippen molar-refractivity contribution in [3.63, 3.8) is 0 Å². The molecule has 1 heterocycles. The van der Waals surface area contributed by atoms with Gasteiger partial charge in [0.05, 0.1) is 0 Å². The van der Waals surface area contributed by atoms with Crippen LogP contribution < -0.4 is 0 Å². The zero-order valence-electron chi connectivity index (χ0n) is 11.6. The number of nitrogens with zero attached hydrogens (tertiary/aromatic N) is 2. The third kappa shape index (κ3) is 1.59. The molecule has 3 nitrogen and oxygen atoms in total. The fourth-order valence-corrected chi connectivity index (χ4v) is 3.86. The highest BCUT2D eigenvalue weighted by atomic mass is 16.1. The lowest BCUT2D eigenvalue weighted by molar-refractivity contribution is 0.0944. The van der Waals surface area contributed by atoms with Gasteiger partial charge in [0.15, 0.2) is 5.82 Å². The molecule has 1 saturated carbocycles. The second-order valence-corrected chi connectivity index (χ2v) is 5.85. The number of carbonyl (C=O) groups is 1. The van der Waals surface area contributed by atoms with E-state index in [0.29, 0.717) is 17.7 Å². The Morgan fingerprint density at radius 2 is 2.25 bits per heavy atom. The first-order valence-corrected chi connectivity index (χ1v) is 7.44. The van der Waals surface area contributed by atoms with Gasteiger partial charge in [-0.05, 0) is 42.7 Å². The summed E-state index contributed by atoms with van der Waals surface area (Å²) in [4.78, 5) is 17.0. The lowest BCUT2D eigenvalue weighted by atomic mass is 9.92. The molecule has 2 aromatic rings. The number of benzene rings is 1. The Labute approximate surface area is 118 Å². The SMILES string of the molecule is CCn1ccnc1C(=O)C1C2CCc3ccccc3C21. The monoisotopic (exact) mass is 266 g/mol. The van der Waals surface area contributed by atoms with Crippen LogP contribution in [0.4, 0.5) is 0 Å². The summed E-state index contributed by atoms with van der Waals surface area (Å²) >= 11 is 0. The Morgan fingerprint density at radius 1 is 1.40 bits per heavy atom. The van der Waals surface area contributed by atoms with Gasteiger partial charge in [-0.2, -0.15) is 0 Å². The second-order valence-electron chi connectivity index (χ2n) is 5.85. The number of Topliss-reactive ketones (excluding diaryl/α,β-unsaturated/α-hetero) is 1. The summed E-state index contributed by atoms with van der Waals surface area (Å²) in [7, 11) is 0. The molecule has 4 rings (SSSR count). The van der Waals surface area contributed by atoms with Crippen molar-refractivity contribution in [1.29, 1.82) is 0 Å². The van der Waals surface area contributed by atoms with Crippen molar-refractivity contribution >= 4 is 5.78 Å². The maximum Gasteiger partial charge on any atom is 0.202 e. The molecule has 2 aliphatic carbocycles. The summed E-state index contributed by atoms with van der Waals surface area (Å²) in [5, 5.41) is 0. The van der Waals surface area contributed by atoms with Crippen molar-refractivity contribution in [2.45, 2.75) is 32.2 Å². The fourth-order valence-electron chi connectivity index (χ4n) is 3.86. The highest BCUT2D eigenvalue weighted by Crippen LogP contribution is 2.60. The Balaban J connectivity index is 1.66. The molecule has 0 N–H and O–H groups in total. The number of fused-ring (bicyclic) bond motifs is 3. The molecule has 0 saturated heterocycles. The van der Waals surface area contributed by atoms with Crippen LogP contribution in [0.3, 0.4) is 0 Å². The molecule has 0 spiro atoms. The Hall–Kier alpha value is -1.90. The minimum atomic E-state index is 0.159. The molecule has 2 aliphatic rings. The number of rotatable bonds is 3. The van der Waals surface area contributed by atoms with Gasteiger partial charge in [0, 0.05) is 24.9 Å². The summed E-state index contributed by atoms with van der Waals surface area (Å²) in [6, 6.07) is 8.60. The lowest BCUT2D eigenvalue weighted by Gasteiger charge is -2.13. The molecule has 1 aromatic carbocycles. The summed E-state index contributed by atoms with van der Waals surface area (Å²) in [6.07, 6.45) is 5.89. The number of ketones is 1. The smallest absolute Gasteiger partial charge is 0.202 e. The standard InChI is InChI=1S/C17H18N2O/c1-2-19-10-9-18-17(19)16(20)15-13-8-7-11-5-3-4-6-12(11)14(13)15/h3-6,9-10,13-15H,2,7-8H2,1H3. The highest BCUT2D eigenvalue weighted by Gasteiger charge is 2.57. The third-order valence-corrected chi connectivity index (χ3v) is 4.91. The molecule has 0 radical (unpaired) electrons. The van der Waals surface area contributed by atoms with Crippen molar-refractivity contribution in [2.24, 2.45) is 11.8 Å². The molecule has 1 aromatic heterocycles. The maximum absolute atomic E-state index is 12.7.